The van der Waals surface area contributed by atoms with Crippen molar-refractivity contribution in [2.75, 3.05) is 13.2 Å². The van der Waals surface area contributed by atoms with E-state index in [1.807, 2.05) is 17.0 Å². The van der Waals surface area contributed by atoms with E-state index in [2.05, 4.69) is 67.4 Å². The number of hydrogen-bond donors (Lipinski definition) is 1. The number of aromatic nitrogens is 2. The minimum atomic E-state index is -0.144. The number of H-pyrrole nitrogens is 1. The molecule has 0 saturated heterocycles. The Morgan fingerprint density at radius 3 is 2.38 bits per heavy atom. The van der Waals surface area contributed by atoms with Crippen LogP contribution in [-0.2, 0) is 0 Å². The molecular weight excluding hydrogens is 398 g/mol. The van der Waals surface area contributed by atoms with Crippen molar-refractivity contribution in [3.63, 3.8) is 0 Å². The predicted octanol–water partition coefficient (Wildman–Crippen LogP) is 6.30. The van der Waals surface area contributed by atoms with Crippen molar-refractivity contribution >= 4 is 5.91 Å². The summed E-state index contributed by atoms with van der Waals surface area (Å²) in [6.07, 6.45) is 5.38. The molecule has 1 aliphatic rings. The molecule has 0 fully saturated rings. The van der Waals surface area contributed by atoms with Gasteiger partial charge in [0.2, 0.25) is 0 Å². The van der Waals surface area contributed by atoms with E-state index in [0.29, 0.717) is 5.69 Å². The fourth-order valence-electron chi connectivity index (χ4n) is 4.32. The van der Waals surface area contributed by atoms with Crippen molar-refractivity contribution in [2.24, 2.45) is 0 Å². The zero-order valence-electron chi connectivity index (χ0n) is 19.4. The summed E-state index contributed by atoms with van der Waals surface area (Å²) < 4.78 is 5.85. The molecule has 5 heteroatoms. The second kappa shape index (κ2) is 10.0. The summed E-state index contributed by atoms with van der Waals surface area (Å²) in [7, 11) is 0. The Labute approximate surface area is 190 Å². The SMILES string of the molecule is CCCCCN1C(=O)c2[nH]nc(-c3ccc(C)cc3)c2C1c1ccc(OCCCC)cc1. The van der Waals surface area contributed by atoms with Crippen LogP contribution in [0.2, 0.25) is 0 Å². The summed E-state index contributed by atoms with van der Waals surface area (Å²) in [5.74, 6) is 0.908. The summed E-state index contributed by atoms with van der Waals surface area (Å²) in [6, 6.07) is 16.4. The molecule has 0 saturated carbocycles. The molecule has 1 unspecified atom stereocenters. The Morgan fingerprint density at radius 2 is 1.69 bits per heavy atom. The molecule has 32 heavy (non-hydrogen) atoms. The zero-order valence-corrected chi connectivity index (χ0v) is 19.4. The zero-order chi connectivity index (χ0) is 22.5. The molecule has 5 nitrogen and oxygen atoms in total. The van der Waals surface area contributed by atoms with Gasteiger partial charge in [-0.05, 0) is 37.5 Å². The number of benzene rings is 2. The van der Waals surface area contributed by atoms with Gasteiger partial charge in [0, 0.05) is 17.7 Å². The molecule has 0 spiro atoms. The number of carbonyl (C=O) groups excluding carboxylic acids is 1. The molecule has 2 aromatic carbocycles. The number of amides is 1. The predicted molar refractivity (Wildman–Crippen MR) is 128 cm³/mol. The van der Waals surface area contributed by atoms with Gasteiger partial charge in [0.1, 0.15) is 11.4 Å². The van der Waals surface area contributed by atoms with E-state index in [1.54, 1.807) is 0 Å². The molecule has 0 aliphatic carbocycles. The number of unbranched alkanes of at least 4 members (excludes halogenated alkanes) is 3. The normalized spacial score (nSPS) is 15.3. The smallest absolute Gasteiger partial charge is 0.273 e. The molecule has 1 N–H and O–H groups in total. The first-order chi connectivity index (χ1) is 15.6. The number of ether oxygens (including phenoxy) is 1. The van der Waals surface area contributed by atoms with E-state index in [0.717, 1.165) is 73.4 Å². The maximum absolute atomic E-state index is 13.3. The molecule has 1 aliphatic heterocycles. The number of hydrogen-bond acceptors (Lipinski definition) is 3. The van der Waals surface area contributed by atoms with Gasteiger partial charge >= 0.3 is 0 Å². The second-order valence-electron chi connectivity index (χ2n) is 8.61. The van der Waals surface area contributed by atoms with E-state index in [9.17, 15) is 4.79 Å². The van der Waals surface area contributed by atoms with Crippen molar-refractivity contribution < 1.29 is 9.53 Å². The fraction of sp³-hybridized carbons (Fsp3) is 0.407. The Hall–Kier alpha value is -3.08. The van der Waals surface area contributed by atoms with Crippen molar-refractivity contribution in [3.8, 4) is 17.0 Å². The van der Waals surface area contributed by atoms with E-state index >= 15 is 0 Å². The van der Waals surface area contributed by atoms with Gasteiger partial charge < -0.3 is 9.64 Å². The fourth-order valence-corrected chi connectivity index (χ4v) is 4.32. The maximum atomic E-state index is 13.3. The Balaban J connectivity index is 1.70. The molecule has 2 heterocycles. The molecule has 0 radical (unpaired) electrons. The van der Waals surface area contributed by atoms with Crippen molar-refractivity contribution in [1.82, 2.24) is 15.1 Å². The van der Waals surface area contributed by atoms with Crippen LogP contribution in [0.1, 0.15) is 79.2 Å². The minimum Gasteiger partial charge on any atom is -0.494 e. The average molecular weight is 432 g/mol. The van der Waals surface area contributed by atoms with Crippen LogP contribution in [0.25, 0.3) is 11.3 Å². The van der Waals surface area contributed by atoms with Crippen molar-refractivity contribution in [3.05, 3.63) is 70.9 Å². The largest absolute Gasteiger partial charge is 0.494 e. The van der Waals surface area contributed by atoms with E-state index in [4.69, 9.17) is 4.74 Å². The van der Waals surface area contributed by atoms with Gasteiger partial charge in [-0.1, -0.05) is 75.1 Å². The lowest BCUT2D eigenvalue weighted by Gasteiger charge is -2.26. The lowest BCUT2D eigenvalue weighted by atomic mass is 9.95. The third-order valence-corrected chi connectivity index (χ3v) is 6.15. The van der Waals surface area contributed by atoms with Crippen LogP contribution in [0, 0.1) is 6.92 Å². The lowest BCUT2D eigenvalue weighted by Crippen LogP contribution is -2.30. The van der Waals surface area contributed by atoms with Crippen LogP contribution < -0.4 is 4.74 Å². The monoisotopic (exact) mass is 431 g/mol. The topological polar surface area (TPSA) is 58.2 Å². The first-order valence-electron chi connectivity index (χ1n) is 11.8. The highest BCUT2D eigenvalue weighted by atomic mass is 16.5. The van der Waals surface area contributed by atoms with Gasteiger partial charge in [0.05, 0.1) is 18.3 Å². The van der Waals surface area contributed by atoms with Gasteiger partial charge in [-0.3, -0.25) is 9.89 Å². The van der Waals surface area contributed by atoms with Gasteiger partial charge in [-0.2, -0.15) is 5.10 Å². The summed E-state index contributed by atoms with van der Waals surface area (Å²) in [5.41, 5.74) is 5.78. The molecule has 4 rings (SSSR count). The van der Waals surface area contributed by atoms with Gasteiger partial charge in [0.15, 0.2) is 0 Å². The van der Waals surface area contributed by atoms with Crippen LogP contribution in [0.15, 0.2) is 48.5 Å². The van der Waals surface area contributed by atoms with Crippen molar-refractivity contribution in [2.45, 2.75) is 58.9 Å². The van der Waals surface area contributed by atoms with Gasteiger partial charge in [-0.25, -0.2) is 0 Å². The highest BCUT2D eigenvalue weighted by Crippen LogP contribution is 2.43. The lowest BCUT2D eigenvalue weighted by molar-refractivity contribution is 0.0740. The molecule has 0 bridgehead atoms. The summed E-state index contributed by atoms with van der Waals surface area (Å²) in [6.45, 7) is 7.88. The van der Waals surface area contributed by atoms with E-state index in [-0.39, 0.29) is 11.9 Å². The number of fused-ring (bicyclic) bond motifs is 1. The van der Waals surface area contributed by atoms with Crippen LogP contribution in [0.5, 0.6) is 5.75 Å². The highest BCUT2D eigenvalue weighted by molar-refractivity contribution is 6.00. The number of aryl methyl sites for hydroxylation is 1. The Morgan fingerprint density at radius 1 is 0.969 bits per heavy atom. The summed E-state index contributed by atoms with van der Waals surface area (Å²) in [5, 5.41) is 7.61. The van der Waals surface area contributed by atoms with Crippen LogP contribution in [0.4, 0.5) is 0 Å². The van der Waals surface area contributed by atoms with Crippen LogP contribution >= 0.6 is 0 Å². The molecule has 3 aromatic rings. The first-order valence-corrected chi connectivity index (χ1v) is 11.8. The van der Waals surface area contributed by atoms with Crippen LogP contribution in [-0.4, -0.2) is 34.2 Å². The van der Waals surface area contributed by atoms with E-state index in [1.165, 1.54) is 5.56 Å². The molecule has 1 amide bonds. The van der Waals surface area contributed by atoms with Gasteiger partial charge in [-0.15, -0.1) is 0 Å². The average Bonchev–Trinajstić information content (AvgIpc) is 3.35. The number of carbonyl (C=O) groups is 1. The summed E-state index contributed by atoms with van der Waals surface area (Å²) >= 11 is 0. The third-order valence-electron chi connectivity index (χ3n) is 6.15. The number of nitrogens with one attached hydrogen (secondary N) is 1. The molecular formula is C27H33N3O2. The first kappa shape index (κ1) is 22.1. The number of aromatic amines is 1. The molecule has 1 aromatic heterocycles. The van der Waals surface area contributed by atoms with Crippen LogP contribution in [0.3, 0.4) is 0 Å². The second-order valence-corrected chi connectivity index (χ2v) is 8.61. The standard InChI is InChI=1S/C27H33N3O2/c1-4-6-8-17-30-26(21-13-15-22(16-14-21)32-18-7-5-2)23-24(28-29-25(23)27(30)31)20-11-9-19(3)10-12-20/h9-16,26H,4-8,17-18H2,1-3H3,(H,28,29). The minimum absolute atomic E-state index is 0.0373. The number of nitrogens with zero attached hydrogens (tertiary/aromatic N) is 2. The number of rotatable bonds is 10. The maximum Gasteiger partial charge on any atom is 0.273 e. The summed E-state index contributed by atoms with van der Waals surface area (Å²) in [4.78, 5) is 15.3. The Kier molecular flexibility index (Phi) is 6.93. The van der Waals surface area contributed by atoms with E-state index < -0.39 is 0 Å². The molecule has 1 atom stereocenters. The quantitative estimate of drug-likeness (QED) is 0.383. The third kappa shape index (κ3) is 4.43. The van der Waals surface area contributed by atoms with Crippen molar-refractivity contribution in [1.29, 1.82) is 0 Å². The molecule has 168 valence electrons. The highest BCUT2D eigenvalue weighted by Gasteiger charge is 2.41. The van der Waals surface area contributed by atoms with Gasteiger partial charge in [0.25, 0.3) is 5.91 Å². The Bertz CT molecular complexity index is 1040.